The number of carbonyl (C=O) groups excluding carboxylic acids is 5. The first-order valence-electron chi connectivity index (χ1n) is 27.1. The molecule has 15 heteroatoms. The van der Waals surface area contributed by atoms with Gasteiger partial charge in [-0.25, -0.2) is 4.79 Å². The van der Waals surface area contributed by atoms with Crippen LogP contribution in [0.3, 0.4) is 0 Å². The predicted octanol–water partition coefficient (Wildman–Crippen LogP) is 8.29. The minimum Gasteiger partial charge on any atom is -0.460 e. The van der Waals surface area contributed by atoms with E-state index in [0.29, 0.717) is 63.7 Å². The summed E-state index contributed by atoms with van der Waals surface area (Å²) in [6.45, 7) is 17.6. The maximum atomic E-state index is 14.6. The van der Waals surface area contributed by atoms with Crippen LogP contribution in [0.5, 0.6) is 0 Å². The Morgan fingerprint density at radius 1 is 0.877 bits per heavy atom. The number of rotatable bonds is 9. The molecule has 0 radical (unpaired) electrons. The molecule has 410 valence electrons. The first kappa shape index (κ1) is 60.2. The molecule has 0 aromatic carbocycles. The van der Waals surface area contributed by atoms with Crippen molar-refractivity contribution < 1.29 is 67.3 Å². The summed E-state index contributed by atoms with van der Waals surface area (Å²) in [4.78, 5) is 72.6. The molecule has 15 atom stereocenters. The fraction of sp³-hybridized carbons (Fsp3) is 0.741. The smallest absolute Gasteiger partial charge is 0.329 e. The summed E-state index contributed by atoms with van der Waals surface area (Å²) < 4.78 is 41.9. The van der Waals surface area contributed by atoms with Crippen molar-refractivity contribution in [1.82, 2.24) is 4.90 Å². The number of hydrogen-bond acceptors (Lipinski definition) is 14. The summed E-state index contributed by atoms with van der Waals surface area (Å²) in [5.41, 5.74) is 1.28. The molecule has 1 unspecified atom stereocenters. The fourth-order valence-corrected chi connectivity index (χ4v) is 11.3. The Bertz CT molecular complexity index is 2020. The van der Waals surface area contributed by atoms with Gasteiger partial charge in [-0.05, 0) is 114 Å². The minimum atomic E-state index is -2.43. The van der Waals surface area contributed by atoms with E-state index in [0.717, 1.165) is 31.3 Å². The number of allylic oxidation sites excluding steroid dienone is 6. The number of ether oxygens (including phenoxy) is 7. The molecule has 4 aliphatic heterocycles. The number of cyclic esters (lactones) is 1. The zero-order valence-corrected chi connectivity index (χ0v) is 45.8. The van der Waals surface area contributed by atoms with Gasteiger partial charge in [-0.15, -0.1) is 0 Å². The highest BCUT2D eigenvalue weighted by molar-refractivity contribution is 6.39. The van der Waals surface area contributed by atoms with Crippen molar-refractivity contribution in [3.05, 3.63) is 59.8 Å². The van der Waals surface area contributed by atoms with Crippen molar-refractivity contribution in [2.45, 2.75) is 206 Å². The van der Waals surface area contributed by atoms with E-state index in [2.05, 4.69) is 0 Å². The first-order valence-corrected chi connectivity index (χ1v) is 27.1. The van der Waals surface area contributed by atoms with Crippen LogP contribution in [0, 0.1) is 35.5 Å². The molecule has 4 fully saturated rings. The van der Waals surface area contributed by atoms with Crippen molar-refractivity contribution in [2.24, 2.45) is 35.5 Å². The van der Waals surface area contributed by atoms with Crippen molar-refractivity contribution >= 4 is 29.2 Å². The fourth-order valence-electron chi connectivity index (χ4n) is 11.3. The zero-order valence-electron chi connectivity index (χ0n) is 45.8. The second kappa shape index (κ2) is 27.9. The van der Waals surface area contributed by atoms with E-state index in [1.54, 1.807) is 34.0 Å². The number of piperidine rings is 1. The van der Waals surface area contributed by atoms with Gasteiger partial charge in [-0.3, -0.25) is 19.2 Å². The highest BCUT2D eigenvalue weighted by atomic mass is 16.7. The number of carbonyl (C=O) groups is 5. The van der Waals surface area contributed by atoms with Gasteiger partial charge in [0.05, 0.1) is 31.5 Å². The van der Waals surface area contributed by atoms with Gasteiger partial charge in [0, 0.05) is 51.4 Å². The van der Waals surface area contributed by atoms with Gasteiger partial charge in [0.25, 0.3) is 11.7 Å². The normalized spacial score (nSPS) is 39.2. The van der Waals surface area contributed by atoms with E-state index >= 15 is 0 Å². The minimum absolute atomic E-state index is 0.0198. The van der Waals surface area contributed by atoms with Crippen molar-refractivity contribution in [3.8, 4) is 0 Å². The summed E-state index contributed by atoms with van der Waals surface area (Å²) in [6.07, 6.45) is 17.9. The molecule has 2 N–H and O–H groups in total. The van der Waals surface area contributed by atoms with Crippen LogP contribution in [0.1, 0.15) is 146 Å². The lowest BCUT2D eigenvalue weighted by molar-refractivity contribution is -0.265. The molecule has 3 saturated heterocycles. The number of ketones is 3. The molecule has 1 amide bonds. The lowest BCUT2D eigenvalue weighted by atomic mass is 9.79. The molecule has 4 heterocycles. The summed E-state index contributed by atoms with van der Waals surface area (Å²) >= 11 is 0. The Labute approximate surface area is 435 Å². The van der Waals surface area contributed by atoms with Gasteiger partial charge in [-0.1, -0.05) is 96.1 Å². The Kier molecular flexibility index (Phi) is 23.0. The van der Waals surface area contributed by atoms with Crippen LogP contribution in [-0.2, 0) is 57.1 Å². The lowest BCUT2D eigenvalue weighted by Gasteiger charge is -2.42. The van der Waals surface area contributed by atoms with Crippen molar-refractivity contribution in [3.63, 3.8) is 0 Å². The van der Waals surface area contributed by atoms with Crippen LogP contribution in [0.4, 0.5) is 0 Å². The first-order chi connectivity index (χ1) is 34.6. The molecule has 1 saturated carbocycles. The maximum absolute atomic E-state index is 14.6. The van der Waals surface area contributed by atoms with E-state index in [9.17, 15) is 34.2 Å². The number of methoxy groups -OCH3 is 2. The van der Waals surface area contributed by atoms with Gasteiger partial charge in [-0.2, -0.15) is 0 Å². The van der Waals surface area contributed by atoms with Crippen LogP contribution in [0.25, 0.3) is 0 Å². The van der Waals surface area contributed by atoms with E-state index in [1.165, 1.54) is 12.0 Å². The number of amides is 1. The molecule has 0 spiro atoms. The summed E-state index contributed by atoms with van der Waals surface area (Å²) in [5, 5.41) is 23.6. The van der Waals surface area contributed by atoms with Crippen LogP contribution in [0.15, 0.2) is 59.8 Å². The number of nitrogens with zero attached hydrogens (tertiary/aromatic N) is 1. The third kappa shape index (κ3) is 16.9. The van der Waals surface area contributed by atoms with Crippen LogP contribution in [0.2, 0.25) is 0 Å². The molecule has 5 rings (SSSR count). The summed E-state index contributed by atoms with van der Waals surface area (Å²) in [5.74, 6) is -8.33. The number of esters is 1. The van der Waals surface area contributed by atoms with Crippen molar-refractivity contribution in [2.75, 3.05) is 34.0 Å². The third-order valence-corrected chi connectivity index (χ3v) is 15.9. The molecule has 73 heavy (non-hydrogen) atoms. The molecule has 0 aromatic heterocycles. The highest BCUT2D eigenvalue weighted by Gasteiger charge is 2.53. The Balaban J connectivity index is 1.41. The van der Waals surface area contributed by atoms with Gasteiger partial charge < -0.3 is 48.3 Å². The highest BCUT2D eigenvalue weighted by Crippen LogP contribution is 2.38. The number of aliphatic hydroxyl groups excluding tert-OH is 1. The average Bonchev–Trinajstić information content (AvgIpc) is 3.71. The molecule has 15 nitrogen and oxygen atoms in total. The second-order valence-corrected chi connectivity index (χ2v) is 22.4. The molecule has 0 aromatic rings. The van der Waals surface area contributed by atoms with Gasteiger partial charge >= 0.3 is 5.97 Å². The monoisotopic (exact) mass is 1020 g/mol. The lowest BCUT2D eigenvalue weighted by Crippen LogP contribution is -2.61. The number of Topliss-reactive ketones (excluding diaryl/α,β-unsaturated/α-hetero) is 3. The van der Waals surface area contributed by atoms with Crippen LogP contribution >= 0.6 is 0 Å². The van der Waals surface area contributed by atoms with Gasteiger partial charge in [0.1, 0.15) is 36.2 Å². The quantitative estimate of drug-likeness (QED) is 0.127. The predicted molar refractivity (Wildman–Crippen MR) is 277 cm³/mol. The number of hydrogen-bond donors (Lipinski definition) is 2. The molecular formula is C58H89NO14. The van der Waals surface area contributed by atoms with E-state index in [-0.39, 0.29) is 60.9 Å². The molecular weight excluding hydrogens is 935 g/mol. The standard InChI is InChI=1S/C58H89NO14/c1-36-19-13-12-14-20-37(2)49(67-10)33-45-26-25-42(7)58(66,73-45)54(63)55(64)59-27-16-15-24-47(59)56(65)71-50(34-48(60)38(3)30-41(6)52(62)53(68-11)51(61)40(5)29-36)39(4)31-43-21-17-22-44(32-43)69-28-18-23-46-35-70-57(8,9)72-46/h12-14,18-20,23,30,36,38-40,42-47,49-50,52-53,62,66H,15-17,21-22,24-29,31-35H2,1-11H3/b14-12+,19-13+,23-18+,37-20+,41-30+/t36-,38-,39-,40-,42-,43?,44+,45+,46-,47+,49+,50+,52-,53+,58-/m1/s1. The second-order valence-electron chi connectivity index (χ2n) is 22.4. The van der Waals surface area contributed by atoms with E-state index in [4.69, 9.17) is 33.2 Å². The number of aliphatic hydroxyl groups is 2. The summed E-state index contributed by atoms with van der Waals surface area (Å²) in [7, 11) is 2.98. The molecule has 2 bridgehead atoms. The third-order valence-electron chi connectivity index (χ3n) is 15.9. The Hall–Kier alpha value is -3.67. The topological polar surface area (TPSA) is 194 Å². The SMILES string of the molecule is CO[C@H]1C[C@@H]2CC[C@@H](C)[C@@](O)(O2)C(=O)C(=O)N2CCCC[C@H]2C(=O)O[C@H]([C@H](C)CC2CCC[C@H](OC/C=C/[C@@H]3COC(C)(C)O3)C2)CC(=O)[C@H](C)/C=C(\C)[C@@H](O)[C@@H](OC)C(=O)[C@H](C)C[C@H](C)/C=C/C=C/C=C/1C. The maximum Gasteiger partial charge on any atom is 0.329 e. The van der Waals surface area contributed by atoms with Crippen molar-refractivity contribution in [1.29, 1.82) is 0 Å². The zero-order chi connectivity index (χ0) is 53.6. The van der Waals surface area contributed by atoms with Gasteiger partial charge in [0.15, 0.2) is 11.6 Å². The Morgan fingerprint density at radius 3 is 2.33 bits per heavy atom. The summed E-state index contributed by atoms with van der Waals surface area (Å²) in [6, 6.07) is -1.13. The van der Waals surface area contributed by atoms with E-state index < -0.39 is 83.5 Å². The number of fused-ring (bicyclic) bond motifs is 3. The Morgan fingerprint density at radius 2 is 1.63 bits per heavy atom. The molecule has 1 aliphatic carbocycles. The largest absolute Gasteiger partial charge is 0.460 e. The average molecular weight is 1020 g/mol. The van der Waals surface area contributed by atoms with Crippen LogP contribution < -0.4 is 0 Å². The molecule has 5 aliphatic rings. The van der Waals surface area contributed by atoms with Gasteiger partial charge in [0.2, 0.25) is 5.79 Å². The van der Waals surface area contributed by atoms with E-state index in [1.807, 2.05) is 84.1 Å². The van der Waals surface area contributed by atoms with Crippen LogP contribution in [-0.4, -0.2) is 139 Å².